The number of benzene rings is 2. The summed E-state index contributed by atoms with van der Waals surface area (Å²) < 4.78 is 0. The maximum atomic E-state index is 12.2. The van der Waals surface area contributed by atoms with E-state index in [4.69, 9.17) is 5.73 Å². The van der Waals surface area contributed by atoms with E-state index in [0.29, 0.717) is 23.4 Å². The third kappa shape index (κ3) is 3.41. The first-order chi connectivity index (χ1) is 10.0. The molecule has 1 amide bonds. The van der Waals surface area contributed by atoms with Crippen molar-refractivity contribution >= 4 is 11.6 Å². The Hall–Kier alpha value is -2.33. The molecule has 21 heavy (non-hydrogen) atoms. The number of hydrogen-bond donors (Lipinski definition) is 3. The zero-order chi connectivity index (χ0) is 15.4. The Balaban J connectivity index is 2.16. The van der Waals surface area contributed by atoms with Crippen molar-refractivity contribution in [2.75, 3.05) is 11.9 Å². The minimum Gasteiger partial charge on any atom is -0.507 e. The summed E-state index contributed by atoms with van der Waals surface area (Å²) in [7, 11) is 0. The monoisotopic (exact) mass is 284 g/mol. The molecular formula is C17H20N2O2. The van der Waals surface area contributed by atoms with Crippen molar-refractivity contribution in [3.63, 3.8) is 0 Å². The number of phenolic OH excluding ortho intramolecular Hbond substituents is 1. The highest BCUT2D eigenvalue weighted by atomic mass is 16.3. The SMILES string of the molecule is Cc1ccc(NC(=O)c2ccc(CCN)cc2)c(C)c1O. The molecule has 4 nitrogen and oxygen atoms in total. The van der Waals surface area contributed by atoms with Crippen LogP contribution in [0.15, 0.2) is 36.4 Å². The number of hydrogen-bond acceptors (Lipinski definition) is 3. The summed E-state index contributed by atoms with van der Waals surface area (Å²) >= 11 is 0. The van der Waals surface area contributed by atoms with Crippen LogP contribution in [0.3, 0.4) is 0 Å². The Morgan fingerprint density at radius 1 is 1.14 bits per heavy atom. The van der Waals surface area contributed by atoms with E-state index in [0.717, 1.165) is 17.5 Å². The summed E-state index contributed by atoms with van der Waals surface area (Å²) in [6, 6.07) is 10.9. The smallest absolute Gasteiger partial charge is 0.255 e. The summed E-state index contributed by atoms with van der Waals surface area (Å²) in [5.41, 5.74) is 9.27. The van der Waals surface area contributed by atoms with E-state index >= 15 is 0 Å². The molecule has 110 valence electrons. The van der Waals surface area contributed by atoms with Gasteiger partial charge in [-0.3, -0.25) is 4.79 Å². The van der Waals surface area contributed by atoms with Crippen molar-refractivity contribution in [1.29, 1.82) is 0 Å². The number of amides is 1. The second-order valence-electron chi connectivity index (χ2n) is 5.09. The number of anilines is 1. The number of rotatable bonds is 4. The Kier molecular flexibility index (Phi) is 4.60. The molecule has 0 aliphatic heterocycles. The largest absolute Gasteiger partial charge is 0.507 e. The number of aromatic hydroxyl groups is 1. The highest BCUT2D eigenvalue weighted by Crippen LogP contribution is 2.28. The molecule has 4 heteroatoms. The van der Waals surface area contributed by atoms with Gasteiger partial charge in [-0.1, -0.05) is 18.2 Å². The first-order valence-electron chi connectivity index (χ1n) is 6.92. The lowest BCUT2D eigenvalue weighted by Gasteiger charge is -2.11. The van der Waals surface area contributed by atoms with Gasteiger partial charge in [-0.05, 0) is 56.1 Å². The van der Waals surface area contributed by atoms with E-state index < -0.39 is 0 Å². The van der Waals surface area contributed by atoms with Gasteiger partial charge in [0.2, 0.25) is 0 Å². The molecule has 0 aromatic heterocycles. The van der Waals surface area contributed by atoms with Gasteiger partial charge in [0, 0.05) is 16.8 Å². The average molecular weight is 284 g/mol. The van der Waals surface area contributed by atoms with Crippen molar-refractivity contribution in [3.8, 4) is 5.75 Å². The van der Waals surface area contributed by atoms with Gasteiger partial charge in [-0.2, -0.15) is 0 Å². The van der Waals surface area contributed by atoms with E-state index in [9.17, 15) is 9.90 Å². The molecule has 0 heterocycles. The van der Waals surface area contributed by atoms with Crippen LogP contribution in [0.1, 0.15) is 27.0 Å². The van der Waals surface area contributed by atoms with E-state index in [1.165, 1.54) is 0 Å². The maximum absolute atomic E-state index is 12.2. The Bertz CT molecular complexity index is 649. The molecule has 0 fully saturated rings. The molecular weight excluding hydrogens is 264 g/mol. The number of carbonyl (C=O) groups is 1. The molecule has 2 aromatic carbocycles. The molecule has 0 aliphatic carbocycles. The van der Waals surface area contributed by atoms with Crippen LogP contribution in [-0.2, 0) is 6.42 Å². The number of nitrogens with one attached hydrogen (secondary N) is 1. The fourth-order valence-corrected chi connectivity index (χ4v) is 2.15. The van der Waals surface area contributed by atoms with Crippen LogP contribution in [0, 0.1) is 13.8 Å². The summed E-state index contributed by atoms with van der Waals surface area (Å²) in [5.74, 6) is 0.0201. The number of aryl methyl sites for hydroxylation is 1. The van der Waals surface area contributed by atoms with Crippen molar-refractivity contribution in [2.45, 2.75) is 20.3 Å². The molecule has 2 rings (SSSR count). The number of carbonyl (C=O) groups excluding carboxylic acids is 1. The van der Waals surface area contributed by atoms with Gasteiger partial charge >= 0.3 is 0 Å². The summed E-state index contributed by atoms with van der Waals surface area (Å²) in [6.45, 7) is 4.19. The standard InChI is InChI=1S/C17H20N2O2/c1-11-3-8-15(12(2)16(11)20)19-17(21)14-6-4-13(5-7-14)9-10-18/h3-8,20H,9-10,18H2,1-2H3,(H,19,21). The van der Waals surface area contributed by atoms with Crippen LogP contribution >= 0.6 is 0 Å². The highest BCUT2D eigenvalue weighted by Gasteiger charge is 2.10. The zero-order valence-electron chi connectivity index (χ0n) is 12.3. The molecule has 0 saturated heterocycles. The van der Waals surface area contributed by atoms with Crippen molar-refractivity contribution in [2.24, 2.45) is 5.73 Å². The lowest BCUT2D eigenvalue weighted by atomic mass is 10.1. The molecule has 0 spiro atoms. The van der Waals surface area contributed by atoms with Gasteiger partial charge < -0.3 is 16.2 Å². The van der Waals surface area contributed by atoms with Gasteiger partial charge in [0.1, 0.15) is 5.75 Å². The summed E-state index contributed by atoms with van der Waals surface area (Å²) in [6.07, 6.45) is 0.798. The number of phenols is 1. The first-order valence-corrected chi connectivity index (χ1v) is 6.92. The predicted octanol–water partition coefficient (Wildman–Crippen LogP) is 2.76. The molecule has 0 radical (unpaired) electrons. The van der Waals surface area contributed by atoms with Gasteiger partial charge in [0.05, 0.1) is 0 Å². The van der Waals surface area contributed by atoms with Crippen molar-refractivity contribution in [3.05, 3.63) is 58.7 Å². The fraction of sp³-hybridized carbons (Fsp3) is 0.235. The van der Waals surface area contributed by atoms with Crippen LogP contribution in [0.5, 0.6) is 5.75 Å². The van der Waals surface area contributed by atoms with E-state index in [1.54, 1.807) is 31.2 Å². The van der Waals surface area contributed by atoms with Crippen LogP contribution in [-0.4, -0.2) is 17.6 Å². The summed E-state index contributed by atoms with van der Waals surface area (Å²) in [5, 5.41) is 12.7. The van der Waals surface area contributed by atoms with Gasteiger partial charge in [0.15, 0.2) is 0 Å². The molecule has 0 aliphatic rings. The third-order valence-electron chi connectivity index (χ3n) is 3.53. The molecule has 0 unspecified atom stereocenters. The molecule has 0 atom stereocenters. The van der Waals surface area contributed by atoms with Gasteiger partial charge in [0.25, 0.3) is 5.91 Å². The Morgan fingerprint density at radius 3 is 2.43 bits per heavy atom. The Labute approximate surface area is 124 Å². The normalized spacial score (nSPS) is 10.4. The quantitative estimate of drug-likeness (QED) is 0.808. The minimum atomic E-state index is -0.194. The average Bonchev–Trinajstić information content (AvgIpc) is 2.49. The van der Waals surface area contributed by atoms with Crippen LogP contribution in [0.25, 0.3) is 0 Å². The Morgan fingerprint density at radius 2 is 1.81 bits per heavy atom. The predicted molar refractivity (Wildman–Crippen MR) is 84.7 cm³/mol. The van der Waals surface area contributed by atoms with Crippen molar-refractivity contribution < 1.29 is 9.90 Å². The van der Waals surface area contributed by atoms with Gasteiger partial charge in [-0.15, -0.1) is 0 Å². The molecule has 0 saturated carbocycles. The minimum absolute atomic E-state index is 0.194. The van der Waals surface area contributed by atoms with E-state index in [1.807, 2.05) is 19.1 Å². The van der Waals surface area contributed by atoms with E-state index in [2.05, 4.69) is 5.32 Å². The second-order valence-corrected chi connectivity index (χ2v) is 5.09. The van der Waals surface area contributed by atoms with Crippen molar-refractivity contribution in [1.82, 2.24) is 0 Å². The maximum Gasteiger partial charge on any atom is 0.255 e. The lowest BCUT2D eigenvalue weighted by molar-refractivity contribution is 0.102. The number of nitrogens with two attached hydrogens (primary N) is 1. The summed E-state index contributed by atoms with van der Waals surface area (Å²) in [4.78, 5) is 12.2. The topological polar surface area (TPSA) is 75.4 Å². The fourth-order valence-electron chi connectivity index (χ4n) is 2.15. The lowest BCUT2D eigenvalue weighted by Crippen LogP contribution is -2.13. The van der Waals surface area contributed by atoms with Crippen LogP contribution in [0.2, 0.25) is 0 Å². The molecule has 0 bridgehead atoms. The first kappa shape index (κ1) is 15.1. The molecule has 4 N–H and O–H groups in total. The second kappa shape index (κ2) is 6.41. The van der Waals surface area contributed by atoms with Gasteiger partial charge in [-0.25, -0.2) is 0 Å². The van der Waals surface area contributed by atoms with Crippen LogP contribution < -0.4 is 11.1 Å². The zero-order valence-corrected chi connectivity index (χ0v) is 12.3. The third-order valence-corrected chi connectivity index (χ3v) is 3.53. The highest BCUT2D eigenvalue weighted by molar-refractivity contribution is 6.04. The molecule has 2 aromatic rings. The van der Waals surface area contributed by atoms with E-state index in [-0.39, 0.29) is 11.7 Å². The van der Waals surface area contributed by atoms with Crippen LogP contribution in [0.4, 0.5) is 5.69 Å².